The number of hydrogen-bond donors (Lipinski definition) is 1. The molecule has 0 atom stereocenters. The summed E-state index contributed by atoms with van der Waals surface area (Å²) < 4.78 is 6.28. The minimum Gasteiger partial charge on any atom is -0.436 e. The summed E-state index contributed by atoms with van der Waals surface area (Å²) in [6, 6.07) is 6.89. The van der Waals surface area contributed by atoms with Gasteiger partial charge in [0.25, 0.3) is 0 Å². The van der Waals surface area contributed by atoms with Crippen molar-refractivity contribution in [3.05, 3.63) is 44.5 Å². The maximum absolute atomic E-state index is 6.08. The van der Waals surface area contributed by atoms with Gasteiger partial charge in [-0.15, -0.1) is 5.10 Å². The summed E-state index contributed by atoms with van der Waals surface area (Å²) in [5.74, 6) is 0.805. The van der Waals surface area contributed by atoms with E-state index in [0.29, 0.717) is 32.7 Å². The van der Waals surface area contributed by atoms with Crippen LogP contribution in [0.1, 0.15) is 12.6 Å². The van der Waals surface area contributed by atoms with E-state index in [2.05, 4.69) is 31.4 Å². The molecular formula is C13H12BrCl2N3O. The molecule has 0 bridgehead atoms. The summed E-state index contributed by atoms with van der Waals surface area (Å²) in [4.78, 5) is 0. The van der Waals surface area contributed by atoms with E-state index in [9.17, 15) is 0 Å². The van der Waals surface area contributed by atoms with Gasteiger partial charge in [0.1, 0.15) is 5.75 Å². The Bertz CT molecular complexity index is 593. The Morgan fingerprint density at radius 1 is 1.20 bits per heavy atom. The maximum Gasteiger partial charge on any atom is 0.238 e. The lowest BCUT2D eigenvalue weighted by Gasteiger charge is -2.08. The smallest absolute Gasteiger partial charge is 0.238 e. The number of hydrogen-bond acceptors (Lipinski definition) is 4. The Morgan fingerprint density at radius 3 is 2.65 bits per heavy atom. The highest BCUT2D eigenvalue weighted by Crippen LogP contribution is 2.35. The molecule has 1 aromatic carbocycles. The van der Waals surface area contributed by atoms with Gasteiger partial charge in [-0.05, 0) is 34.6 Å². The molecule has 0 fully saturated rings. The van der Waals surface area contributed by atoms with Crippen molar-refractivity contribution in [1.29, 1.82) is 0 Å². The summed E-state index contributed by atoms with van der Waals surface area (Å²) in [6.07, 6.45) is 0. The van der Waals surface area contributed by atoms with Gasteiger partial charge in [-0.3, -0.25) is 0 Å². The molecule has 2 aromatic rings. The van der Waals surface area contributed by atoms with Crippen LogP contribution in [0.2, 0.25) is 10.0 Å². The molecule has 106 valence electrons. The van der Waals surface area contributed by atoms with Crippen LogP contribution < -0.4 is 10.1 Å². The molecule has 0 radical (unpaired) electrons. The van der Waals surface area contributed by atoms with Crippen molar-refractivity contribution >= 4 is 39.1 Å². The van der Waals surface area contributed by atoms with E-state index in [1.165, 1.54) is 0 Å². The number of halogens is 3. The highest BCUT2D eigenvalue weighted by molar-refractivity contribution is 9.10. The molecule has 1 N–H and O–H groups in total. The predicted molar refractivity (Wildman–Crippen MR) is 83.6 cm³/mol. The Hall–Kier alpha value is -0.880. The molecule has 0 spiro atoms. The number of nitrogens with zero attached hydrogens (tertiary/aromatic N) is 2. The molecule has 0 aliphatic carbocycles. The van der Waals surface area contributed by atoms with Gasteiger partial charge in [-0.2, -0.15) is 5.10 Å². The van der Waals surface area contributed by atoms with Gasteiger partial charge in [0, 0.05) is 23.2 Å². The van der Waals surface area contributed by atoms with Crippen LogP contribution in [0.3, 0.4) is 0 Å². The van der Waals surface area contributed by atoms with Crippen LogP contribution in [0.5, 0.6) is 11.6 Å². The molecule has 0 aliphatic rings. The average Bonchev–Trinajstić information content (AvgIpc) is 2.44. The lowest BCUT2D eigenvalue weighted by atomic mass is 10.3. The summed E-state index contributed by atoms with van der Waals surface area (Å²) in [5, 5.41) is 12.2. The van der Waals surface area contributed by atoms with E-state index < -0.39 is 0 Å². The third-order valence-corrected chi connectivity index (χ3v) is 3.93. The van der Waals surface area contributed by atoms with Crippen molar-refractivity contribution in [2.75, 3.05) is 6.54 Å². The molecule has 0 amide bonds. The second kappa shape index (κ2) is 7.22. The second-order valence-corrected chi connectivity index (χ2v) is 5.61. The zero-order valence-electron chi connectivity index (χ0n) is 10.7. The van der Waals surface area contributed by atoms with Gasteiger partial charge in [0.05, 0.1) is 15.7 Å². The van der Waals surface area contributed by atoms with Gasteiger partial charge in [0.15, 0.2) is 0 Å². The third-order valence-electron chi connectivity index (χ3n) is 2.44. The van der Waals surface area contributed by atoms with Crippen LogP contribution in [0.4, 0.5) is 0 Å². The largest absolute Gasteiger partial charge is 0.436 e. The van der Waals surface area contributed by atoms with Crippen LogP contribution in [-0.2, 0) is 6.54 Å². The molecule has 20 heavy (non-hydrogen) atoms. The van der Waals surface area contributed by atoms with Crippen molar-refractivity contribution < 1.29 is 4.74 Å². The number of rotatable bonds is 5. The van der Waals surface area contributed by atoms with Crippen LogP contribution >= 0.6 is 39.1 Å². The zero-order valence-corrected chi connectivity index (χ0v) is 13.8. The Kier molecular flexibility index (Phi) is 5.60. The molecule has 4 nitrogen and oxygen atoms in total. The number of nitrogens with one attached hydrogen (secondary N) is 1. The molecular weight excluding hydrogens is 365 g/mol. The standard InChI is InChI=1S/C13H12BrCl2N3O/c1-2-17-7-8-3-4-13(19-18-8)20-12-6-10(15)9(14)5-11(12)16/h3-6,17H,2,7H2,1H3. The molecule has 7 heteroatoms. The fourth-order valence-corrected chi connectivity index (χ4v) is 2.28. The summed E-state index contributed by atoms with van der Waals surface area (Å²) in [5.41, 5.74) is 0.846. The minimum absolute atomic E-state index is 0.366. The van der Waals surface area contributed by atoms with E-state index >= 15 is 0 Å². The molecule has 0 aliphatic heterocycles. The summed E-state index contributed by atoms with van der Waals surface area (Å²) >= 11 is 15.4. The summed E-state index contributed by atoms with van der Waals surface area (Å²) in [6.45, 7) is 3.59. The van der Waals surface area contributed by atoms with Gasteiger partial charge in [0.2, 0.25) is 5.88 Å². The van der Waals surface area contributed by atoms with Gasteiger partial charge < -0.3 is 10.1 Å². The molecule has 1 aromatic heterocycles. The number of aromatic nitrogens is 2. The zero-order chi connectivity index (χ0) is 14.5. The highest BCUT2D eigenvalue weighted by atomic mass is 79.9. The van der Waals surface area contributed by atoms with E-state index in [1.54, 1.807) is 18.2 Å². The maximum atomic E-state index is 6.08. The predicted octanol–water partition coefficient (Wildman–Crippen LogP) is 4.45. The van der Waals surface area contributed by atoms with E-state index in [1.807, 2.05) is 13.0 Å². The second-order valence-electron chi connectivity index (χ2n) is 3.94. The van der Waals surface area contributed by atoms with Crippen molar-refractivity contribution in [1.82, 2.24) is 15.5 Å². The highest BCUT2D eigenvalue weighted by Gasteiger charge is 2.09. The van der Waals surface area contributed by atoms with Crippen LogP contribution in [0.15, 0.2) is 28.7 Å². The monoisotopic (exact) mass is 375 g/mol. The Morgan fingerprint density at radius 2 is 2.00 bits per heavy atom. The Labute approximate surface area is 135 Å². The molecule has 2 rings (SSSR count). The minimum atomic E-state index is 0.366. The quantitative estimate of drug-likeness (QED) is 0.783. The Balaban J connectivity index is 2.12. The van der Waals surface area contributed by atoms with Crippen molar-refractivity contribution in [2.24, 2.45) is 0 Å². The van der Waals surface area contributed by atoms with Crippen molar-refractivity contribution in [2.45, 2.75) is 13.5 Å². The first-order valence-corrected chi connectivity index (χ1v) is 7.50. The topological polar surface area (TPSA) is 47.0 Å². The SMILES string of the molecule is CCNCc1ccc(Oc2cc(Cl)c(Br)cc2Cl)nn1. The molecule has 1 heterocycles. The first-order valence-electron chi connectivity index (χ1n) is 5.96. The van der Waals surface area contributed by atoms with Gasteiger partial charge in [-0.1, -0.05) is 30.1 Å². The summed E-state index contributed by atoms with van der Waals surface area (Å²) in [7, 11) is 0. The number of ether oxygens (including phenoxy) is 1. The fourth-order valence-electron chi connectivity index (χ4n) is 1.44. The van der Waals surface area contributed by atoms with Crippen LogP contribution in [0.25, 0.3) is 0 Å². The van der Waals surface area contributed by atoms with E-state index in [4.69, 9.17) is 27.9 Å². The first-order chi connectivity index (χ1) is 9.60. The van der Waals surface area contributed by atoms with E-state index in [0.717, 1.165) is 12.2 Å². The average molecular weight is 377 g/mol. The van der Waals surface area contributed by atoms with Crippen molar-refractivity contribution in [3.63, 3.8) is 0 Å². The first kappa shape index (κ1) is 15.5. The van der Waals surface area contributed by atoms with Crippen LogP contribution in [-0.4, -0.2) is 16.7 Å². The molecule has 0 saturated carbocycles. The lowest BCUT2D eigenvalue weighted by Crippen LogP contribution is -2.13. The molecule has 0 saturated heterocycles. The van der Waals surface area contributed by atoms with Crippen LogP contribution in [0, 0.1) is 0 Å². The normalized spacial score (nSPS) is 10.6. The van der Waals surface area contributed by atoms with Gasteiger partial charge in [-0.25, -0.2) is 0 Å². The fraction of sp³-hybridized carbons (Fsp3) is 0.231. The van der Waals surface area contributed by atoms with E-state index in [-0.39, 0.29) is 0 Å². The lowest BCUT2D eigenvalue weighted by molar-refractivity contribution is 0.453. The third kappa shape index (κ3) is 4.06. The van der Waals surface area contributed by atoms with Gasteiger partial charge >= 0.3 is 0 Å². The number of benzene rings is 1. The van der Waals surface area contributed by atoms with Crippen molar-refractivity contribution in [3.8, 4) is 11.6 Å². The molecule has 0 unspecified atom stereocenters.